The molecular weight excluding hydrogens is 274 g/mol. The molecule has 0 bridgehead atoms. The molecule has 5 heteroatoms. The maximum Gasteiger partial charge on any atom is 0.194 e. The number of aliphatic imine (C=N–C) groups is 1. The van der Waals surface area contributed by atoms with Crippen molar-refractivity contribution in [1.82, 2.24) is 20.2 Å². The fraction of sp³-hybridized carbons (Fsp3) is 0.294. The number of hydrogen-bond acceptors (Lipinski definition) is 2. The number of nitrogens with one attached hydrogen (secondary N) is 2. The normalized spacial score (nSPS) is 11.3. The first-order chi connectivity index (χ1) is 10.7. The number of hydrogen-bond donors (Lipinski definition) is 2. The number of aromatic amines is 1. The van der Waals surface area contributed by atoms with E-state index in [1.165, 1.54) is 0 Å². The van der Waals surface area contributed by atoms with E-state index in [1.807, 2.05) is 36.3 Å². The molecule has 0 radical (unpaired) electrons. The Hall–Kier alpha value is -2.56. The summed E-state index contributed by atoms with van der Waals surface area (Å²) in [7, 11) is 2.00. The van der Waals surface area contributed by atoms with Gasteiger partial charge in [0.2, 0.25) is 0 Å². The van der Waals surface area contributed by atoms with Crippen molar-refractivity contribution in [2.24, 2.45) is 4.99 Å². The summed E-state index contributed by atoms with van der Waals surface area (Å²) in [4.78, 5) is 14.3. The molecule has 0 atom stereocenters. The van der Waals surface area contributed by atoms with Crippen LogP contribution in [0.5, 0.6) is 0 Å². The van der Waals surface area contributed by atoms with Crippen LogP contribution in [0.25, 0.3) is 11.3 Å². The highest BCUT2D eigenvalue weighted by Crippen LogP contribution is 2.16. The third-order valence-corrected chi connectivity index (χ3v) is 3.17. The van der Waals surface area contributed by atoms with Crippen molar-refractivity contribution in [3.63, 3.8) is 0 Å². The lowest BCUT2D eigenvalue weighted by atomic mass is 10.2. The predicted octanol–water partition coefficient (Wildman–Crippen LogP) is 2.66. The second kappa shape index (κ2) is 8.02. The average Bonchev–Trinajstić information content (AvgIpc) is 3.00. The summed E-state index contributed by atoms with van der Waals surface area (Å²) in [5.41, 5.74) is 2.16. The van der Waals surface area contributed by atoms with E-state index in [4.69, 9.17) is 0 Å². The minimum absolute atomic E-state index is 0.597. The van der Waals surface area contributed by atoms with Crippen molar-refractivity contribution in [3.8, 4) is 11.3 Å². The van der Waals surface area contributed by atoms with Gasteiger partial charge in [0.25, 0.3) is 0 Å². The van der Waals surface area contributed by atoms with E-state index in [2.05, 4.69) is 45.9 Å². The molecule has 0 spiro atoms. The van der Waals surface area contributed by atoms with E-state index in [-0.39, 0.29) is 0 Å². The number of H-pyrrole nitrogens is 1. The lowest BCUT2D eigenvalue weighted by molar-refractivity contribution is 0.465. The van der Waals surface area contributed by atoms with Gasteiger partial charge in [-0.3, -0.25) is 0 Å². The molecule has 2 N–H and O–H groups in total. The maximum absolute atomic E-state index is 4.46. The number of guanidine groups is 1. The topological polar surface area (TPSA) is 56.3 Å². The Bertz CT molecular complexity index is 615. The molecule has 0 amide bonds. The summed E-state index contributed by atoms with van der Waals surface area (Å²) in [5.74, 6) is 1.76. The van der Waals surface area contributed by atoms with Crippen LogP contribution in [-0.2, 0) is 6.54 Å². The van der Waals surface area contributed by atoms with Crippen molar-refractivity contribution < 1.29 is 0 Å². The van der Waals surface area contributed by atoms with Gasteiger partial charge in [-0.05, 0) is 12.5 Å². The second-order valence-electron chi connectivity index (χ2n) is 4.95. The molecule has 0 saturated carbocycles. The Morgan fingerprint density at radius 1 is 1.41 bits per heavy atom. The number of aromatic nitrogens is 2. The standard InChI is InChI=1S/C17H23N5/c1-4-11-19-17(18-5-2)22(3)13-16-20-12-15(21-16)14-9-7-6-8-10-14/h4,6-10,12H,1,5,11,13H2,2-3H3,(H,18,19)(H,20,21). The summed E-state index contributed by atoms with van der Waals surface area (Å²) >= 11 is 0. The summed E-state index contributed by atoms with van der Waals surface area (Å²) in [5, 5.41) is 3.26. The molecule has 1 heterocycles. The minimum atomic E-state index is 0.597. The molecule has 0 aliphatic heterocycles. The van der Waals surface area contributed by atoms with Gasteiger partial charge in [-0.2, -0.15) is 0 Å². The lowest BCUT2D eigenvalue weighted by Gasteiger charge is -2.20. The van der Waals surface area contributed by atoms with Gasteiger partial charge >= 0.3 is 0 Å². The molecule has 0 fully saturated rings. The van der Waals surface area contributed by atoms with Gasteiger partial charge in [0.05, 0.1) is 25.0 Å². The van der Waals surface area contributed by atoms with Crippen molar-refractivity contribution in [1.29, 1.82) is 0 Å². The quantitative estimate of drug-likeness (QED) is 0.489. The van der Waals surface area contributed by atoms with Crippen LogP contribution in [0.1, 0.15) is 12.7 Å². The summed E-state index contributed by atoms with van der Waals surface area (Å²) < 4.78 is 0. The lowest BCUT2D eigenvalue weighted by Crippen LogP contribution is -2.38. The number of rotatable bonds is 6. The Labute approximate surface area is 131 Å². The maximum atomic E-state index is 4.46. The van der Waals surface area contributed by atoms with Gasteiger partial charge in [0, 0.05) is 13.6 Å². The molecule has 0 saturated heterocycles. The van der Waals surface area contributed by atoms with Crippen LogP contribution in [0.3, 0.4) is 0 Å². The summed E-state index contributed by atoms with van der Waals surface area (Å²) in [6.07, 6.45) is 3.65. The predicted molar refractivity (Wildman–Crippen MR) is 91.7 cm³/mol. The highest BCUT2D eigenvalue weighted by molar-refractivity contribution is 5.79. The molecule has 1 aromatic carbocycles. The van der Waals surface area contributed by atoms with Crippen molar-refractivity contribution >= 4 is 5.96 Å². The second-order valence-corrected chi connectivity index (χ2v) is 4.95. The Balaban J connectivity index is 2.06. The van der Waals surface area contributed by atoms with Crippen LogP contribution >= 0.6 is 0 Å². The fourth-order valence-corrected chi connectivity index (χ4v) is 2.13. The van der Waals surface area contributed by atoms with Gasteiger partial charge in [-0.15, -0.1) is 6.58 Å². The fourth-order valence-electron chi connectivity index (χ4n) is 2.13. The molecule has 22 heavy (non-hydrogen) atoms. The van der Waals surface area contributed by atoms with Crippen LogP contribution in [-0.4, -0.2) is 41.0 Å². The van der Waals surface area contributed by atoms with Crippen LogP contribution in [0.15, 0.2) is 54.2 Å². The highest BCUT2D eigenvalue weighted by atomic mass is 15.3. The van der Waals surface area contributed by atoms with E-state index >= 15 is 0 Å². The van der Waals surface area contributed by atoms with E-state index in [0.29, 0.717) is 13.1 Å². The molecule has 5 nitrogen and oxygen atoms in total. The van der Waals surface area contributed by atoms with Gasteiger partial charge < -0.3 is 15.2 Å². The smallest absolute Gasteiger partial charge is 0.194 e. The molecular formula is C17H23N5. The van der Waals surface area contributed by atoms with E-state index < -0.39 is 0 Å². The summed E-state index contributed by atoms with van der Waals surface area (Å²) in [6, 6.07) is 10.2. The number of imidazole rings is 1. The van der Waals surface area contributed by atoms with Crippen LogP contribution in [0, 0.1) is 0 Å². The zero-order valence-corrected chi connectivity index (χ0v) is 13.2. The summed E-state index contributed by atoms with van der Waals surface area (Å²) in [6.45, 7) is 7.84. The van der Waals surface area contributed by atoms with Crippen molar-refractivity contribution in [2.45, 2.75) is 13.5 Å². The molecule has 0 aliphatic carbocycles. The number of nitrogens with zero attached hydrogens (tertiary/aromatic N) is 3. The first kappa shape index (κ1) is 15.8. The molecule has 2 aromatic rings. The van der Waals surface area contributed by atoms with Crippen LogP contribution in [0.2, 0.25) is 0 Å². The Kier molecular flexibility index (Phi) is 5.77. The highest BCUT2D eigenvalue weighted by Gasteiger charge is 2.09. The zero-order chi connectivity index (χ0) is 15.8. The van der Waals surface area contributed by atoms with E-state index in [1.54, 1.807) is 6.08 Å². The number of benzene rings is 1. The van der Waals surface area contributed by atoms with Crippen LogP contribution < -0.4 is 5.32 Å². The Morgan fingerprint density at radius 2 is 2.18 bits per heavy atom. The van der Waals surface area contributed by atoms with Crippen molar-refractivity contribution in [2.75, 3.05) is 20.1 Å². The molecule has 116 valence electrons. The molecule has 0 unspecified atom stereocenters. The first-order valence-corrected chi connectivity index (χ1v) is 7.44. The van der Waals surface area contributed by atoms with Crippen molar-refractivity contribution in [3.05, 3.63) is 55.0 Å². The molecule has 1 aromatic heterocycles. The van der Waals surface area contributed by atoms with Gasteiger partial charge in [-0.25, -0.2) is 9.98 Å². The largest absolute Gasteiger partial charge is 0.357 e. The van der Waals surface area contributed by atoms with E-state index in [9.17, 15) is 0 Å². The van der Waals surface area contributed by atoms with Crippen LogP contribution in [0.4, 0.5) is 0 Å². The minimum Gasteiger partial charge on any atom is -0.357 e. The van der Waals surface area contributed by atoms with Gasteiger partial charge in [0.15, 0.2) is 5.96 Å². The monoisotopic (exact) mass is 297 g/mol. The third-order valence-electron chi connectivity index (χ3n) is 3.17. The first-order valence-electron chi connectivity index (χ1n) is 7.44. The Morgan fingerprint density at radius 3 is 2.86 bits per heavy atom. The zero-order valence-electron chi connectivity index (χ0n) is 13.2. The molecule has 0 aliphatic rings. The van der Waals surface area contributed by atoms with Gasteiger partial charge in [0.1, 0.15) is 5.82 Å². The third kappa shape index (κ3) is 4.22. The molecule has 2 rings (SSSR count). The van der Waals surface area contributed by atoms with E-state index in [0.717, 1.165) is 29.6 Å². The SMILES string of the molecule is C=CCN=C(NCC)N(C)Cc1ncc(-c2ccccc2)[nH]1. The van der Waals surface area contributed by atoms with Gasteiger partial charge in [-0.1, -0.05) is 36.4 Å². The average molecular weight is 297 g/mol.